The third-order valence-electron chi connectivity index (χ3n) is 10.3. The van der Waals surface area contributed by atoms with E-state index >= 15 is 0 Å². The van der Waals surface area contributed by atoms with Gasteiger partial charge in [0.15, 0.2) is 0 Å². The van der Waals surface area contributed by atoms with Crippen LogP contribution in [0.25, 0.3) is 100 Å². The van der Waals surface area contributed by atoms with Gasteiger partial charge in [-0.2, -0.15) is 0 Å². The predicted molar refractivity (Wildman–Crippen MR) is 232 cm³/mol. The Morgan fingerprint density at radius 3 is 1.85 bits per heavy atom. The average molecular weight is 693 g/mol. The van der Waals surface area contributed by atoms with Gasteiger partial charge in [0.2, 0.25) is 0 Å². The second kappa shape index (κ2) is 13.4. The number of benzene rings is 6. The van der Waals surface area contributed by atoms with Crippen LogP contribution >= 0.6 is 0 Å². The van der Waals surface area contributed by atoms with Crippen LogP contribution in [0.15, 0.2) is 192 Å². The molecule has 256 valence electrons. The minimum atomic E-state index is 0.598. The van der Waals surface area contributed by atoms with Crippen LogP contribution in [-0.2, 0) is 0 Å². The van der Waals surface area contributed by atoms with Crippen LogP contribution in [0.5, 0.6) is 0 Å². The molecule has 0 amide bonds. The van der Waals surface area contributed by atoms with Gasteiger partial charge in [-0.05, 0) is 90.7 Å². The number of fused-ring (bicyclic) bond motifs is 8. The van der Waals surface area contributed by atoms with Gasteiger partial charge in [0.25, 0.3) is 0 Å². The minimum Gasteiger partial charge on any atom is -0.457 e. The molecule has 2 nitrogen and oxygen atoms in total. The van der Waals surface area contributed by atoms with Gasteiger partial charge in [0.05, 0.1) is 0 Å². The maximum absolute atomic E-state index is 6.40. The first-order valence-electron chi connectivity index (χ1n) is 18.0. The van der Waals surface area contributed by atoms with E-state index in [1.165, 1.54) is 0 Å². The molecule has 0 aliphatic carbocycles. The molecule has 0 fully saturated rings. The van der Waals surface area contributed by atoms with Crippen LogP contribution in [0.2, 0.25) is 0 Å². The number of rotatable bonds is 6. The van der Waals surface area contributed by atoms with Crippen LogP contribution in [0.3, 0.4) is 0 Å². The summed E-state index contributed by atoms with van der Waals surface area (Å²) < 4.78 is 12.7. The summed E-state index contributed by atoms with van der Waals surface area (Å²) in [5, 5.41) is 10.6. The van der Waals surface area contributed by atoms with Crippen molar-refractivity contribution in [1.82, 2.24) is 0 Å². The molecule has 0 N–H and O–H groups in total. The fourth-order valence-electron chi connectivity index (χ4n) is 7.74. The zero-order chi connectivity index (χ0) is 36.8. The van der Waals surface area contributed by atoms with Gasteiger partial charge in [0.1, 0.15) is 22.2 Å². The monoisotopic (exact) mass is 692 g/mol. The zero-order valence-electron chi connectivity index (χ0n) is 29.8. The number of para-hydroxylation sites is 1. The summed E-state index contributed by atoms with van der Waals surface area (Å²) in [5.41, 5.74) is 9.24. The summed E-state index contributed by atoms with van der Waals surface area (Å²) in [4.78, 5) is 0. The van der Waals surface area contributed by atoms with E-state index in [2.05, 4.69) is 154 Å². The van der Waals surface area contributed by atoms with Gasteiger partial charge in [-0.1, -0.05) is 166 Å². The Morgan fingerprint density at radius 2 is 1.11 bits per heavy atom. The molecule has 9 rings (SSSR count). The summed E-state index contributed by atoms with van der Waals surface area (Å²) in [6, 6.07) is 50.8. The molecular weight excluding hydrogens is 657 g/mol. The lowest BCUT2D eigenvalue weighted by molar-refractivity contribution is 0.578. The van der Waals surface area contributed by atoms with Crippen molar-refractivity contribution in [1.29, 1.82) is 0 Å². The van der Waals surface area contributed by atoms with E-state index in [9.17, 15) is 0 Å². The summed E-state index contributed by atoms with van der Waals surface area (Å²) >= 11 is 0. The van der Waals surface area contributed by atoms with Crippen molar-refractivity contribution in [3.63, 3.8) is 0 Å². The predicted octanol–water partition coefficient (Wildman–Crippen LogP) is 13.2. The normalized spacial score (nSPS) is 12.0. The first kappa shape index (κ1) is 32.7. The highest BCUT2D eigenvalue weighted by molar-refractivity contribution is 6.17. The Bertz CT molecular complexity index is 3240. The van der Waals surface area contributed by atoms with E-state index in [1.807, 2.05) is 36.4 Å². The van der Waals surface area contributed by atoms with Crippen LogP contribution in [0.1, 0.15) is 11.1 Å². The number of hydrogen-bond acceptors (Lipinski definition) is 2. The lowest BCUT2D eigenvalue weighted by Gasteiger charge is -2.14. The van der Waals surface area contributed by atoms with Crippen LogP contribution in [0, 0.1) is 0 Å². The van der Waals surface area contributed by atoms with Gasteiger partial charge in [-0.25, -0.2) is 0 Å². The summed E-state index contributed by atoms with van der Waals surface area (Å²) in [7, 11) is 0. The average Bonchev–Trinajstić information content (AvgIpc) is 3.73. The van der Waals surface area contributed by atoms with Crippen molar-refractivity contribution in [2.45, 2.75) is 0 Å². The largest absolute Gasteiger partial charge is 0.457 e. The molecule has 0 radical (unpaired) electrons. The van der Waals surface area contributed by atoms with Crippen LogP contribution < -0.4 is 10.6 Å². The molecule has 0 saturated heterocycles. The molecule has 7 aromatic carbocycles. The molecule has 0 aliphatic heterocycles. The Morgan fingerprint density at radius 1 is 0.481 bits per heavy atom. The lowest BCUT2D eigenvalue weighted by Crippen LogP contribution is -2.18. The molecule has 54 heavy (non-hydrogen) atoms. The Labute approximate surface area is 313 Å². The molecule has 0 aliphatic rings. The Hall–Kier alpha value is -7.16. The standard InChI is InChI=1S/C52H36O2/c1-5-6-17-33(2)37-18-9-7-8-10-19-43(41-22-13-11-20-39(37)41)44-29-28-38(40-21-12-14-23-42(40)44)34(3)30-47-35(4)53-51-31-36-26-27-46-45-24-15-16-25-50(45)54-52(46)48(36)32-49(47)51/h5-32H,1-4H2/b8-7?,9-7?,10-8?,17-6-,18-9?,19-10?,37-18?,39-37?,43-19?,43-41?,47-30+. The Balaban J connectivity index is 1.23. The maximum Gasteiger partial charge on any atom is 0.143 e. The molecule has 9 aromatic rings. The SMILES string of the molecule is C=C/C=C\C(=C)c1ccccccc(-c2ccc(C(=C)/C=c3\c(=C)oc4cc5ccc6c7ccccc7oc6c5cc34)c3ccccc23)c2ccccc12. The van der Waals surface area contributed by atoms with E-state index in [0.29, 0.717) is 5.42 Å². The van der Waals surface area contributed by atoms with Crippen LogP contribution in [-0.4, -0.2) is 0 Å². The molecule has 0 saturated carbocycles. The smallest absolute Gasteiger partial charge is 0.143 e. The lowest BCUT2D eigenvalue weighted by atomic mass is 9.90. The Kier molecular flexibility index (Phi) is 8.14. The highest BCUT2D eigenvalue weighted by atomic mass is 16.3. The van der Waals surface area contributed by atoms with Crippen LogP contribution in [0.4, 0.5) is 0 Å². The fraction of sp³-hybridized carbons (Fsp3) is 0. The van der Waals surface area contributed by atoms with Gasteiger partial charge in [-0.3, -0.25) is 0 Å². The van der Waals surface area contributed by atoms with Gasteiger partial charge >= 0.3 is 0 Å². The molecule has 2 heteroatoms. The second-order valence-electron chi connectivity index (χ2n) is 13.5. The van der Waals surface area contributed by atoms with E-state index in [-0.39, 0.29) is 0 Å². The van der Waals surface area contributed by atoms with Crippen molar-refractivity contribution in [3.05, 3.63) is 205 Å². The van der Waals surface area contributed by atoms with Gasteiger partial charge in [-0.15, -0.1) is 0 Å². The van der Waals surface area contributed by atoms with E-state index in [4.69, 9.17) is 8.83 Å². The second-order valence-corrected chi connectivity index (χ2v) is 13.5. The molecule has 0 atom stereocenters. The van der Waals surface area contributed by atoms with Gasteiger partial charge in [0, 0.05) is 26.8 Å². The van der Waals surface area contributed by atoms with Crippen molar-refractivity contribution in [3.8, 4) is 11.1 Å². The van der Waals surface area contributed by atoms with E-state index in [0.717, 1.165) is 104 Å². The third kappa shape index (κ3) is 5.53. The van der Waals surface area contributed by atoms with Crippen molar-refractivity contribution in [2.75, 3.05) is 0 Å². The number of furan rings is 2. The first-order chi connectivity index (χ1) is 26.5. The fourth-order valence-corrected chi connectivity index (χ4v) is 7.74. The van der Waals surface area contributed by atoms with Crippen molar-refractivity contribution < 1.29 is 8.83 Å². The first-order valence-corrected chi connectivity index (χ1v) is 18.0. The zero-order valence-corrected chi connectivity index (χ0v) is 29.8. The minimum absolute atomic E-state index is 0.598. The maximum atomic E-state index is 6.40. The molecule has 0 spiro atoms. The van der Waals surface area contributed by atoms with Crippen molar-refractivity contribution >= 4 is 89.0 Å². The highest BCUT2D eigenvalue weighted by Crippen LogP contribution is 2.38. The van der Waals surface area contributed by atoms with Crippen molar-refractivity contribution in [2.24, 2.45) is 0 Å². The quantitative estimate of drug-likeness (QED) is 0.162. The number of hydrogen-bond donors (Lipinski definition) is 0. The van der Waals surface area contributed by atoms with E-state index in [1.54, 1.807) is 6.08 Å². The molecule has 0 unspecified atom stereocenters. The van der Waals surface area contributed by atoms with Gasteiger partial charge < -0.3 is 8.83 Å². The topological polar surface area (TPSA) is 26.3 Å². The third-order valence-corrected chi connectivity index (χ3v) is 10.3. The summed E-state index contributed by atoms with van der Waals surface area (Å²) in [6.45, 7) is 17.2. The van der Waals surface area contributed by atoms with E-state index < -0.39 is 0 Å². The number of allylic oxidation sites excluding steroid dienone is 5. The molecule has 2 aromatic heterocycles. The molecular formula is C52H36O2. The molecule has 2 heterocycles. The molecule has 0 bridgehead atoms. The summed E-state index contributed by atoms with van der Waals surface area (Å²) in [6.07, 6.45) is 7.80. The highest BCUT2D eigenvalue weighted by Gasteiger charge is 2.15. The summed E-state index contributed by atoms with van der Waals surface area (Å²) in [5.74, 6) is 0.